The summed E-state index contributed by atoms with van der Waals surface area (Å²) in [6.07, 6.45) is 4.29. The Morgan fingerprint density at radius 1 is 1.41 bits per heavy atom. The van der Waals surface area contributed by atoms with E-state index < -0.39 is 5.92 Å². The fourth-order valence-corrected chi connectivity index (χ4v) is 4.71. The normalized spacial score (nSPS) is 19.4. The first-order valence-electron chi connectivity index (χ1n) is 9.27. The third-order valence-corrected chi connectivity index (χ3v) is 6.05. The van der Waals surface area contributed by atoms with E-state index in [1.165, 1.54) is 7.11 Å². The first-order valence-corrected chi connectivity index (χ1v) is 10.3. The number of benzene rings is 1. The molecule has 0 bridgehead atoms. The Morgan fingerprint density at radius 2 is 2.22 bits per heavy atom. The first kappa shape index (κ1) is 19.4. The predicted octanol–water partition coefficient (Wildman–Crippen LogP) is 4.36. The lowest BCUT2D eigenvalue weighted by Gasteiger charge is -2.33. The van der Waals surface area contributed by atoms with E-state index in [1.54, 1.807) is 30.0 Å². The molecule has 1 aromatic carbocycles. The highest BCUT2D eigenvalue weighted by molar-refractivity contribution is 8.03. The Hall–Kier alpha value is -2.39. The summed E-state index contributed by atoms with van der Waals surface area (Å²) in [7, 11) is 1.49. The number of methoxy groups -OCH3 is 1. The van der Waals surface area contributed by atoms with Gasteiger partial charge in [0, 0.05) is 17.7 Å². The van der Waals surface area contributed by atoms with Crippen LogP contribution in [0.4, 0.5) is 0 Å². The quantitative estimate of drug-likeness (QED) is 0.709. The lowest BCUT2D eigenvalue weighted by atomic mass is 9.77. The molecule has 0 unspecified atom stereocenters. The molecule has 1 aliphatic heterocycles. The number of dihydropyridines is 1. The maximum atomic E-state index is 12.7. The number of aromatic hydroxyl groups is 1. The summed E-state index contributed by atoms with van der Waals surface area (Å²) in [5.74, 6) is 0.976. The third kappa shape index (κ3) is 3.84. The summed E-state index contributed by atoms with van der Waals surface area (Å²) in [5.41, 5.74) is 2.98. The molecule has 0 spiro atoms. The van der Waals surface area contributed by atoms with Crippen LogP contribution in [0.5, 0.6) is 11.5 Å². The van der Waals surface area contributed by atoms with E-state index in [2.05, 4.69) is 18.3 Å². The second kappa shape index (κ2) is 8.53. The molecule has 27 heavy (non-hydrogen) atoms. The Kier molecular flexibility index (Phi) is 6.12. The monoisotopic (exact) mass is 384 g/mol. The molecule has 0 amide bonds. The average Bonchev–Trinajstić information content (AvgIpc) is 2.68. The van der Waals surface area contributed by atoms with Gasteiger partial charge in [-0.15, -0.1) is 11.8 Å². The smallest absolute Gasteiger partial charge is 0.161 e. The average molecular weight is 385 g/mol. The van der Waals surface area contributed by atoms with Gasteiger partial charge >= 0.3 is 0 Å². The first-order chi connectivity index (χ1) is 13.1. The van der Waals surface area contributed by atoms with Crippen molar-refractivity contribution in [1.82, 2.24) is 5.32 Å². The minimum atomic E-state index is -0.419. The van der Waals surface area contributed by atoms with E-state index in [4.69, 9.17) is 4.74 Å². The van der Waals surface area contributed by atoms with E-state index in [9.17, 15) is 15.2 Å². The molecule has 0 saturated heterocycles. The Morgan fingerprint density at radius 3 is 2.93 bits per heavy atom. The summed E-state index contributed by atoms with van der Waals surface area (Å²) in [4.78, 5) is 12.7. The number of nitriles is 1. The number of unbranched alkanes of at least 4 members (excludes halogenated alkanes) is 1. The summed E-state index contributed by atoms with van der Waals surface area (Å²) in [5, 5.41) is 24.1. The van der Waals surface area contributed by atoms with Crippen molar-refractivity contribution in [2.45, 2.75) is 44.9 Å². The van der Waals surface area contributed by atoms with E-state index >= 15 is 0 Å². The number of hydrogen-bond acceptors (Lipinski definition) is 6. The number of allylic oxidation sites excluding steroid dienone is 3. The van der Waals surface area contributed by atoms with E-state index in [-0.39, 0.29) is 11.5 Å². The van der Waals surface area contributed by atoms with Crippen molar-refractivity contribution in [2.24, 2.45) is 0 Å². The van der Waals surface area contributed by atoms with Crippen LogP contribution in [0.15, 0.2) is 40.1 Å². The maximum Gasteiger partial charge on any atom is 0.161 e. The molecule has 1 atom stereocenters. The predicted molar refractivity (Wildman–Crippen MR) is 106 cm³/mol. The topological polar surface area (TPSA) is 82.3 Å². The lowest BCUT2D eigenvalue weighted by Crippen LogP contribution is -2.31. The van der Waals surface area contributed by atoms with Crippen LogP contribution in [0.25, 0.3) is 0 Å². The van der Waals surface area contributed by atoms with Crippen LogP contribution in [-0.4, -0.2) is 23.8 Å². The standard InChI is InChI=1S/C21H24N2O3S/c1-3-4-10-27-21-14(12-22)19(13-8-9-16(24)18(11-13)26-2)20-15(23-21)6-5-7-17(20)25/h8-9,11,19,23-24H,3-7,10H2,1-2H3/t19-/m1/s1. The summed E-state index contributed by atoms with van der Waals surface area (Å²) in [6, 6.07) is 7.40. The molecule has 0 aromatic heterocycles. The molecule has 3 rings (SSSR count). The summed E-state index contributed by atoms with van der Waals surface area (Å²) >= 11 is 1.64. The third-order valence-electron chi connectivity index (χ3n) is 4.94. The van der Waals surface area contributed by atoms with Crippen LogP contribution >= 0.6 is 11.8 Å². The van der Waals surface area contributed by atoms with E-state index in [0.717, 1.165) is 47.7 Å². The number of ether oxygens (including phenoxy) is 1. The minimum Gasteiger partial charge on any atom is -0.504 e. The number of ketones is 1. The number of nitrogens with one attached hydrogen (secondary N) is 1. The van der Waals surface area contributed by atoms with Gasteiger partial charge in [0.25, 0.3) is 0 Å². The number of Topliss-reactive ketones (excluding diaryl/α,β-unsaturated/α-hetero) is 1. The fourth-order valence-electron chi connectivity index (χ4n) is 3.56. The van der Waals surface area contributed by atoms with Crippen molar-refractivity contribution in [1.29, 1.82) is 5.26 Å². The number of phenolic OH excluding ortho intramolecular Hbond substituents is 1. The van der Waals surface area contributed by atoms with Crippen LogP contribution < -0.4 is 10.1 Å². The number of carbonyl (C=O) groups is 1. The van der Waals surface area contributed by atoms with Gasteiger partial charge in [-0.1, -0.05) is 19.4 Å². The largest absolute Gasteiger partial charge is 0.504 e. The molecule has 1 heterocycles. The maximum absolute atomic E-state index is 12.7. The van der Waals surface area contributed by atoms with E-state index in [1.807, 2.05) is 0 Å². The summed E-state index contributed by atoms with van der Waals surface area (Å²) < 4.78 is 5.24. The number of nitrogens with zero attached hydrogens (tertiary/aromatic N) is 1. The van der Waals surface area contributed by atoms with Crippen LogP contribution in [0.1, 0.15) is 50.5 Å². The highest BCUT2D eigenvalue weighted by Crippen LogP contribution is 2.45. The van der Waals surface area contributed by atoms with Gasteiger partial charge in [-0.25, -0.2) is 0 Å². The SMILES string of the molecule is CCCCSC1=C(C#N)[C@@H](c2ccc(O)c(OC)c2)C2=C(CCCC2=O)N1. The number of hydrogen-bond donors (Lipinski definition) is 2. The van der Waals surface area contributed by atoms with Crippen molar-refractivity contribution in [3.05, 3.63) is 45.6 Å². The van der Waals surface area contributed by atoms with Gasteiger partial charge < -0.3 is 15.2 Å². The molecule has 2 aliphatic rings. The zero-order chi connectivity index (χ0) is 19.4. The Bertz CT molecular complexity index is 851. The molecule has 6 heteroatoms. The molecule has 1 aromatic rings. The van der Waals surface area contributed by atoms with Gasteiger partial charge in [0.05, 0.1) is 29.7 Å². The van der Waals surface area contributed by atoms with Crippen molar-refractivity contribution >= 4 is 17.5 Å². The number of phenols is 1. The minimum absolute atomic E-state index is 0.0411. The van der Waals surface area contributed by atoms with Gasteiger partial charge in [0.15, 0.2) is 17.3 Å². The zero-order valence-electron chi connectivity index (χ0n) is 15.7. The second-order valence-electron chi connectivity index (χ2n) is 6.71. The molecule has 5 nitrogen and oxygen atoms in total. The van der Waals surface area contributed by atoms with Gasteiger partial charge in [0.2, 0.25) is 0 Å². The Labute approximate surface area is 164 Å². The van der Waals surface area contributed by atoms with Crippen LogP contribution in [0, 0.1) is 11.3 Å². The summed E-state index contributed by atoms with van der Waals surface area (Å²) in [6.45, 7) is 2.14. The van der Waals surface area contributed by atoms with Crippen LogP contribution in [0.2, 0.25) is 0 Å². The number of rotatable bonds is 6. The molecule has 0 radical (unpaired) electrons. The molecule has 2 N–H and O–H groups in total. The molecule has 0 fully saturated rings. The number of carbonyl (C=O) groups excluding carboxylic acids is 1. The lowest BCUT2D eigenvalue weighted by molar-refractivity contribution is -0.116. The van der Waals surface area contributed by atoms with E-state index in [0.29, 0.717) is 23.3 Å². The number of thioether (sulfide) groups is 1. The molecular formula is C21H24N2O3S. The van der Waals surface area contributed by atoms with Gasteiger partial charge in [0.1, 0.15) is 0 Å². The second-order valence-corrected chi connectivity index (χ2v) is 7.82. The zero-order valence-corrected chi connectivity index (χ0v) is 16.5. The Balaban J connectivity index is 2.11. The molecule has 0 saturated carbocycles. The fraction of sp³-hybridized carbons (Fsp3) is 0.429. The van der Waals surface area contributed by atoms with Crippen molar-refractivity contribution in [3.63, 3.8) is 0 Å². The van der Waals surface area contributed by atoms with Crippen molar-refractivity contribution in [3.8, 4) is 17.6 Å². The van der Waals surface area contributed by atoms with Crippen molar-refractivity contribution < 1.29 is 14.6 Å². The highest BCUT2D eigenvalue weighted by Gasteiger charge is 2.37. The highest BCUT2D eigenvalue weighted by atomic mass is 32.2. The van der Waals surface area contributed by atoms with Gasteiger partial charge in [-0.05, 0) is 42.7 Å². The van der Waals surface area contributed by atoms with Crippen LogP contribution in [0.3, 0.4) is 0 Å². The van der Waals surface area contributed by atoms with Crippen molar-refractivity contribution in [2.75, 3.05) is 12.9 Å². The van der Waals surface area contributed by atoms with Crippen LogP contribution in [-0.2, 0) is 4.79 Å². The van der Waals surface area contributed by atoms with Gasteiger partial charge in [-0.2, -0.15) is 5.26 Å². The molecule has 1 aliphatic carbocycles. The molecule has 142 valence electrons. The van der Waals surface area contributed by atoms with Gasteiger partial charge in [-0.3, -0.25) is 4.79 Å². The molecular weight excluding hydrogens is 360 g/mol.